The van der Waals surface area contributed by atoms with Crippen LogP contribution in [0.2, 0.25) is 0 Å². The molecule has 0 radical (unpaired) electrons. The molecular formula is C19H19IN4O2. The number of amides is 2. The van der Waals surface area contributed by atoms with E-state index in [1.807, 2.05) is 42.5 Å². The fraction of sp³-hybridized carbons (Fsp3) is 0.316. The molecule has 2 saturated heterocycles. The van der Waals surface area contributed by atoms with Gasteiger partial charge in [-0.3, -0.25) is 14.5 Å². The number of benzene rings is 1. The predicted octanol–water partition coefficient (Wildman–Crippen LogP) is 2.14. The zero-order valence-corrected chi connectivity index (χ0v) is 16.4. The van der Waals surface area contributed by atoms with E-state index in [0.29, 0.717) is 5.69 Å². The molecule has 2 amide bonds. The lowest BCUT2D eigenvalue weighted by Crippen LogP contribution is -2.52. The molecule has 0 spiro atoms. The molecule has 1 atom stereocenters. The Hall–Kier alpha value is -2.00. The summed E-state index contributed by atoms with van der Waals surface area (Å²) >= 11 is 2.21. The quantitative estimate of drug-likeness (QED) is 0.517. The van der Waals surface area contributed by atoms with E-state index < -0.39 is 0 Å². The molecule has 3 heterocycles. The summed E-state index contributed by atoms with van der Waals surface area (Å²) in [5.74, 6) is 0.734. The van der Waals surface area contributed by atoms with Crippen LogP contribution in [0, 0.1) is 3.57 Å². The molecule has 0 saturated carbocycles. The van der Waals surface area contributed by atoms with Crippen molar-refractivity contribution in [3.63, 3.8) is 0 Å². The zero-order chi connectivity index (χ0) is 18.1. The fourth-order valence-electron chi connectivity index (χ4n) is 3.57. The molecule has 26 heavy (non-hydrogen) atoms. The molecule has 0 unspecified atom stereocenters. The number of hydrogen-bond acceptors (Lipinski definition) is 5. The van der Waals surface area contributed by atoms with E-state index in [1.165, 1.54) is 4.90 Å². The van der Waals surface area contributed by atoms with Gasteiger partial charge in [0.1, 0.15) is 5.82 Å². The summed E-state index contributed by atoms with van der Waals surface area (Å²) < 4.78 is 1.08. The molecule has 2 aromatic rings. The SMILES string of the molecule is O=C1C[C@@H](N2CCN(c3ccccn3)CC2)C(=O)N1c1ccc(I)cc1. The first kappa shape index (κ1) is 17.4. The largest absolute Gasteiger partial charge is 0.354 e. The van der Waals surface area contributed by atoms with Crippen LogP contribution in [0.15, 0.2) is 48.7 Å². The van der Waals surface area contributed by atoms with E-state index in [9.17, 15) is 9.59 Å². The first-order valence-electron chi connectivity index (χ1n) is 8.66. The fourth-order valence-corrected chi connectivity index (χ4v) is 3.93. The molecular weight excluding hydrogens is 443 g/mol. The normalized spacial score (nSPS) is 21.5. The number of aromatic nitrogens is 1. The number of carbonyl (C=O) groups is 2. The van der Waals surface area contributed by atoms with E-state index in [1.54, 1.807) is 6.20 Å². The predicted molar refractivity (Wildman–Crippen MR) is 108 cm³/mol. The van der Waals surface area contributed by atoms with Crippen LogP contribution >= 0.6 is 22.6 Å². The highest BCUT2D eigenvalue weighted by Gasteiger charge is 2.43. The van der Waals surface area contributed by atoms with E-state index in [2.05, 4.69) is 37.4 Å². The standard InChI is InChI=1S/C19H19IN4O2/c20-14-4-6-15(7-5-14)24-18(25)13-16(19(24)26)22-9-11-23(12-10-22)17-3-1-2-8-21-17/h1-8,16H,9-13H2/t16-/m1/s1. The van der Waals surface area contributed by atoms with Gasteiger partial charge in [0.2, 0.25) is 5.91 Å². The molecule has 1 aromatic carbocycles. The lowest BCUT2D eigenvalue weighted by molar-refractivity contribution is -0.123. The molecule has 4 rings (SSSR count). The van der Waals surface area contributed by atoms with E-state index >= 15 is 0 Å². The maximum Gasteiger partial charge on any atom is 0.251 e. The third-order valence-electron chi connectivity index (χ3n) is 4.94. The second-order valence-corrected chi connectivity index (χ2v) is 7.72. The number of carbonyl (C=O) groups excluding carboxylic acids is 2. The van der Waals surface area contributed by atoms with Crippen molar-refractivity contribution in [2.24, 2.45) is 0 Å². The highest BCUT2D eigenvalue weighted by molar-refractivity contribution is 14.1. The summed E-state index contributed by atoms with van der Waals surface area (Å²) in [5, 5.41) is 0. The van der Waals surface area contributed by atoms with Crippen LogP contribution in [0.25, 0.3) is 0 Å². The smallest absolute Gasteiger partial charge is 0.251 e. The second kappa shape index (κ2) is 7.32. The summed E-state index contributed by atoms with van der Waals surface area (Å²) in [7, 11) is 0. The van der Waals surface area contributed by atoms with Crippen LogP contribution in [0.1, 0.15) is 6.42 Å². The third kappa shape index (κ3) is 3.33. The molecule has 7 heteroatoms. The molecule has 134 valence electrons. The lowest BCUT2D eigenvalue weighted by atomic mass is 10.1. The maximum atomic E-state index is 12.9. The second-order valence-electron chi connectivity index (χ2n) is 6.47. The number of rotatable bonds is 3. The van der Waals surface area contributed by atoms with Gasteiger partial charge in [0.15, 0.2) is 0 Å². The topological polar surface area (TPSA) is 56.8 Å². The summed E-state index contributed by atoms with van der Waals surface area (Å²) in [5.41, 5.74) is 0.662. The van der Waals surface area contributed by atoms with Crippen molar-refractivity contribution in [3.8, 4) is 0 Å². The van der Waals surface area contributed by atoms with Crippen molar-refractivity contribution >= 4 is 45.9 Å². The summed E-state index contributed by atoms with van der Waals surface area (Å²) in [4.78, 5) is 35.4. The summed E-state index contributed by atoms with van der Waals surface area (Å²) in [6.45, 7) is 3.11. The van der Waals surface area contributed by atoms with Crippen LogP contribution < -0.4 is 9.80 Å². The highest BCUT2D eigenvalue weighted by atomic mass is 127. The number of halogens is 1. The monoisotopic (exact) mass is 462 g/mol. The molecule has 0 bridgehead atoms. The van der Waals surface area contributed by atoms with Crippen molar-refractivity contribution in [1.82, 2.24) is 9.88 Å². The number of anilines is 2. The highest BCUT2D eigenvalue weighted by Crippen LogP contribution is 2.27. The Morgan fingerprint density at radius 3 is 2.35 bits per heavy atom. The van der Waals surface area contributed by atoms with Gasteiger partial charge in [-0.05, 0) is 59.0 Å². The zero-order valence-electron chi connectivity index (χ0n) is 14.2. The van der Waals surface area contributed by atoms with Gasteiger partial charge >= 0.3 is 0 Å². The van der Waals surface area contributed by atoms with Crippen molar-refractivity contribution in [2.75, 3.05) is 36.0 Å². The average Bonchev–Trinajstić information content (AvgIpc) is 2.98. The minimum atomic E-state index is -0.354. The Bertz CT molecular complexity index is 804. The number of nitrogens with zero attached hydrogens (tertiary/aromatic N) is 4. The van der Waals surface area contributed by atoms with Crippen molar-refractivity contribution in [2.45, 2.75) is 12.5 Å². The Morgan fingerprint density at radius 1 is 0.962 bits per heavy atom. The number of hydrogen-bond donors (Lipinski definition) is 0. The maximum absolute atomic E-state index is 12.9. The first-order valence-corrected chi connectivity index (χ1v) is 9.74. The molecule has 0 aliphatic carbocycles. The summed E-state index contributed by atoms with van der Waals surface area (Å²) in [6, 6.07) is 13.0. The number of imide groups is 1. The van der Waals surface area contributed by atoms with E-state index in [-0.39, 0.29) is 24.3 Å². The molecule has 2 aliphatic heterocycles. The van der Waals surface area contributed by atoms with Crippen LogP contribution in [0.3, 0.4) is 0 Å². The lowest BCUT2D eigenvalue weighted by Gasteiger charge is -2.37. The van der Waals surface area contributed by atoms with E-state index in [4.69, 9.17) is 0 Å². The molecule has 1 aromatic heterocycles. The van der Waals surface area contributed by atoms with Crippen LogP contribution in [0.4, 0.5) is 11.5 Å². The number of piperazine rings is 1. The van der Waals surface area contributed by atoms with Crippen LogP contribution in [-0.4, -0.2) is 53.9 Å². The van der Waals surface area contributed by atoms with Gasteiger partial charge in [-0.2, -0.15) is 0 Å². The van der Waals surface area contributed by atoms with Gasteiger partial charge in [-0.25, -0.2) is 9.88 Å². The Morgan fingerprint density at radius 2 is 1.69 bits per heavy atom. The van der Waals surface area contributed by atoms with E-state index in [0.717, 1.165) is 35.6 Å². The molecule has 0 N–H and O–H groups in total. The van der Waals surface area contributed by atoms with Crippen molar-refractivity contribution < 1.29 is 9.59 Å². The van der Waals surface area contributed by atoms with Crippen LogP contribution in [-0.2, 0) is 9.59 Å². The van der Waals surface area contributed by atoms with Crippen molar-refractivity contribution in [1.29, 1.82) is 0 Å². The van der Waals surface area contributed by atoms with Crippen molar-refractivity contribution in [3.05, 3.63) is 52.2 Å². The average molecular weight is 462 g/mol. The van der Waals surface area contributed by atoms with Gasteiger partial charge < -0.3 is 4.90 Å². The van der Waals surface area contributed by atoms with Gasteiger partial charge in [0.05, 0.1) is 18.2 Å². The Labute approximate surface area is 165 Å². The van der Waals surface area contributed by atoms with Gasteiger partial charge in [-0.1, -0.05) is 6.07 Å². The Kier molecular flexibility index (Phi) is 4.90. The molecule has 2 fully saturated rings. The summed E-state index contributed by atoms with van der Waals surface area (Å²) in [6.07, 6.45) is 2.05. The minimum absolute atomic E-state index is 0.109. The van der Waals surface area contributed by atoms with Gasteiger partial charge in [-0.15, -0.1) is 0 Å². The third-order valence-corrected chi connectivity index (χ3v) is 5.66. The minimum Gasteiger partial charge on any atom is -0.354 e. The number of pyridine rings is 1. The first-order chi connectivity index (χ1) is 12.6. The molecule has 6 nitrogen and oxygen atoms in total. The Balaban J connectivity index is 1.44. The van der Waals surface area contributed by atoms with Gasteiger partial charge in [0.25, 0.3) is 5.91 Å². The molecule has 2 aliphatic rings. The van der Waals surface area contributed by atoms with Crippen LogP contribution in [0.5, 0.6) is 0 Å². The van der Waals surface area contributed by atoms with Gasteiger partial charge in [0, 0.05) is 35.9 Å².